The van der Waals surface area contributed by atoms with Crippen molar-refractivity contribution in [1.29, 1.82) is 0 Å². The number of hydrogen-bond acceptors (Lipinski definition) is 4. The molecule has 0 saturated heterocycles. The van der Waals surface area contributed by atoms with Crippen molar-refractivity contribution in [2.45, 2.75) is 57.5 Å². The molecule has 1 aliphatic rings. The number of imide groups is 1. The zero-order valence-corrected chi connectivity index (χ0v) is 12.7. The summed E-state index contributed by atoms with van der Waals surface area (Å²) in [6.07, 6.45) is 7.66. The SMILES string of the molecule is CC(NCCCN(C)C1CCCCC1)C(=O)NC(N)=O. The first-order chi connectivity index (χ1) is 9.50. The summed E-state index contributed by atoms with van der Waals surface area (Å²) >= 11 is 0. The normalized spacial score (nSPS) is 17.9. The molecule has 0 aliphatic heterocycles. The third-order valence-corrected chi connectivity index (χ3v) is 3.98. The Labute approximate surface area is 121 Å². The first-order valence-corrected chi connectivity index (χ1v) is 7.54. The molecule has 20 heavy (non-hydrogen) atoms. The Morgan fingerprint density at radius 3 is 2.55 bits per heavy atom. The highest BCUT2D eigenvalue weighted by Crippen LogP contribution is 2.21. The number of rotatable bonds is 7. The molecule has 1 fully saturated rings. The summed E-state index contributed by atoms with van der Waals surface area (Å²) in [5, 5.41) is 5.17. The molecule has 4 N–H and O–H groups in total. The molecular weight excluding hydrogens is 256 g/mol. The molecule has 0 bridgehead atoms. The molecule has 116 valence electrons. The van der Waals surface area contributed by atoms with Crippen molar-refractivity contribution >= 4 is 11.9 Å². The quantitative estimate of drug-likeness (QED) is 0.604. The average molecular weight is 284 g/mol. The van der Waals surface area contributed by atoms with Gasteiger partial charge < -0.3 is 16.0 Å². The largest absolute Gasteiger partial charge is 0.351 e. The summed E-state index contributed by atoms with van der Waals surface area (Å²) in [5.74, 6) is -0.377. The average Bonchev–Trinajstić information content (AvgIpc) is 2.43. The van der Waals surface area contributed by atoms with Gasteiger partial charge in [-0.05, 0) is 46.3 Å². The lowest BCUT2D eigenvalue weighted by Crippen LogP contribution is -2.47. The number of nitrogens with zero attached hydrogens (tertiary/aromatic N) is 1. The molecule has 0 spiro atoms. The summed E-state index contributed by atoms with van der Waals surface area (Å²) in [7, 11) is 2.18. The van der Waals surface area contributed by atoms with Crippen LogP contribution in [0.15, 0.2) is 0 Å². The smallest absolute Gasteiger partial charge is 0.318 e. The first kappa shape index (κ1) is 16.9. The van der Waals surface area contributed by atoms with Crippen LogP contribution in [0.25, 0.3) is 0 Å². The second-order valence-corrected chi connectivity index (χ2v) is 5.66. The molecule has 0 radical (unpaired) electrons. The number of nitrogens with two attached hydrogens (primary N) is 1. The van der Waals surface area contributed by atoms with Crippen LogP contribution in [0.2, 0.25) is 0 Å². The molecule has 3 amide bonds. The maximum absolute atomic E-state index is 11.4. The van der Waals surface area contributed by atoms with Crippen molar-refractivity contribution in [3.05, 3.63) is 0 Å². The van der Waals surface area contributed by atoms with Gasteiger partial charge in [0.1, 0.15) is 0 Å². The van der Waals surface area contributed by atoms with Crippen LogP contribution in [0, 0.1) is 0 Å². The third-order valence-electron chi connectivity index (χ3n) is 3.98. The minimum atomic E-state index is -0.805. The maximum Gasteiger partial charge on any atom is 0.318 e. The van der Waals surface area contributed by atoms with Crippen LogP contribution in [0.4, 0.5) is 4.79 Å². The molecule has 6 nitrogen and oxygen atoms in total. The lowest BCUT2D eigenvalue weighted by molar-refractivity contribution is -0.121. The number of primary amides is 1. The molecule has 1 saturated carbocycles. The van der Waals surface area contributed by atoms with Crippen molar-refractivity contribution in [1.82, 2.24) is 15.5 Å². The van der Waals surface area contributed by atoms with E-state index in [0.29, 0.717) is 0 Å². The van der Waals surface area contributed by atoms with Gasteiger partial charge in [0.2, 0.25) is 5.91 Å². The van der Waals surface area contributed by atoms with E-state index in [1.807, 2.05) is 0 Å². The fourth-order valence-corrected chi connectivity index (χ4v) is 2.67. The van der Waals surface area contributed by atoms with Crippen LogP contribution >= 0.6 is 0 Å². The van der Waals surface area contributed by atoms with E-state index in [1.54, 1.807) is 6.92 Å². The zero-order valence-electron chi connectivity index (χ0n) is 12.7. The highest BCUT2D eigenvalue weighted by atomic mass is 16.2. The van der Waals surface area contributed by atoms with Gasteiger partial charge in [-0.2, -0.15) is 0 Å². The van der Waals surface area contributed by atoms with Gasteiger partial charge in [0.05, 0.1) is 6.04 Å². The molecule has 0 aromatic rings. The Bertz CT molecular complexity index is 316. The fraction of sp³-hybridized carbons (Fsp3) is 0.857. The van der Waals surface area contributed by atoms with Crippen molar-refractivity contribution in [2.24, 2.45) is 5.73 Å². The summed E-state index contributed by atoms with van der Waals surface area (Å²) in [6.45, 7) is 3.51. The highest BCUT2D eigenvalue weighted by Gasteiger charge is 2.17. The molecule has 1 aliphatic carbocycles. The zero-order chi connectivity index (χ0) is 15.0. The minimum Gasteiger partial charge on any atom is -0.351 e. The Balaban J connectivity index is 2.11. The lowest BCUT2D eigenvalue weighted by Gasteiger charge is -2.31. The summed E-state index contributed by atoms with van der Waals surface area (Å²) in [6, 6.07) is -0.484. The van der Waals surface area contributed by atoms with Crippen LogP contribution in [-0.2, 0) is 4.79 Å². The van der Waals surface area contributed by atoms with E-state index in [9.17, 15) is 9.59 Å². The predicted molar refractivity (Wildman–Crippen MR) is 79.3 cm³/mol. The van der Waals surface area contributed by atoms with Crippen LogP contribution in [0.5, 0.6) is 0 Å². The van der Waals surface area contributed by atoms with Gasteiger partial charge in [0.25, 0.3) is 0 Å². The second-order valence-electron chi connectivity index (χ2n) is 5.66. The van der Waals surface area contributed by atoms with E-state index in [4.69, 9.17) is 5.73 Å². The van der Waals surface area contributed by atoms with E-state index in [1.165, 1.54) is 32.1 Å². The van der Waals surface area contributed by atoms with Crippen LogP contribution < -0.4 is 16.4 Å². The van der Waals surface area contributed by atoms with Gasteiger partial charge in [-0.1, -0.05) is 19.3 Å². The summed E-state index contributed by atoms with van der Waals surface area (Å²) in [4.78, 5) is 24.4. The van der Waals surface area contributed by atoms with Crippen molar-refractivity contribution in [3.63, 3.8) is 0 Å². The molecule has 0 heterocycles. The second kappa shape index (κ2) is 8.92. The number of nitrogens with one attached hydrogen (secondary N) is 2. The predicted octanol–water partition coefficient (Wildman–Crippen LogP) is 0.814. The van der Waals surface area contributed by atoms with Gasteiger partial charge in [-0.25, -0.2) is 4.79 Å². The number of urea groups is 1. The molecule has 1 rings (SSSR count). The van der Waals surface area contributed by atoms with Crippen molar-refractivity contribution in [3.8, 4) is 0 Å². The summed E-state index contributed by atoms with van der Waals surface area (Å²) in [5.41, 5.74) is 4.90. The Kier molecular flexibility index (Phi) is 7.54. The van der Waals surface area contributed by atoms with Crippen LogP contribution in [-0.4, -0.2) is 49.1 Å². The van der Waals surface area contributed by atoms with Gasteiger partial charge >= 0.3 is 6.03 Å². The van der Waals surface area contributed by atoms with E-state index in [2.05, 4.69) is 22.6 Å². The first-order valence-electron chi connectivity index (χ1n) is 7.54. The monoisotopic (exact) mass is 284 g/mol. The molecule has 6 heteroatoms. The minimum absolute atomic E-state index is 0.377. The Morgan fingerprint density at radius 2 is 1.95 bits per heavy atom. The third kappa shape index (κ3) is 6.34. The topological polar surface area (TPSA) is 87.5 Å². The van der Waals surface area contributed by atoms with Crippen LogP contribution in [0.1, 0.15) is 45.4 Å². The molecule has 1 unspecified atom stereocenters. The molecular formula is C14H28N4O2. The van der Waals surface area contributed by atoms with E-state index < -0.39 is 12.1 Å². The number of carbonyl (C=O) groups is 2. The summed E-state index contributed by atoms with van der Waals surface area (Å²) < 4.78 is 0. The van der Waals surface area contributed by atoms with Gasteiger partial charge in [-0.3, -0.25) is 10.1 Å². The molecule has 0 aromatic heterocycles. The highest BCUT2D eigenvalue weighted by molar-refractivity contribution is 5.96. The van der Waals surface area contributed by atoms with Gasteiger partial charge in [-0.15, -0.1) is 0 Å². The van der Waals surface area contributed by atoms with Gasteiger partial charge in [0.15, 0.2) is 0 Å². The molecule has 1 atom stereocenters. The van der Waals surface area contributed by atoms with E-state index in [0.717, 1.165) is 25.6 Å². The Morgan fingerprint density at radius 1 is 1.30 bits per heavy atom. The number of amides is 3. The van der Waals surface area contributed by atoms with E-state index >= 15 is 0 Å². The number of carbonyl (C=O) groups excluding carboxylic acids is 2. The van der Waals surface area contributed by atoms with Crippen molar-refractivity contribution in [2.75, 3.05) is 20.1 Å². The number of hydrogen-bond donors (Lipinski definition) is 3. The Hall–Kier alpha value is -1.14. The van der Waals surface area contributed by atoms with Gasteiger partial charge in [0, 0.05) is 6.04 Å². The molecule has 0 aromatic carbocycles. The van der Waals surface area contributed by atoms with E-state index in [-0.39, 0.29) is 5.91 Å². The standard InChI is InChI=1S/C14H28N4O2/c1-11(13(19)17-14(15)20)16-9-6-10-18(2)12-7-4-3-5-8-12/h11-12,16H,3-10H2,1-2H3,(H3,15,17,19,20). The maximum atomic E-state index is 11.4. The van der Waals surface area contributed by atoms with Crippen LogP contribution in [0.3, 0.4) is 0 Å². The lowest BCUT2D eigenvalue weighted by atomic mass is 9.94. The van der Waals surface area contributed by atoms with Crippen molar-refractivity contribution < 1.29 is 9.59 Å². The fourth-order valence-electron chi connectivity index (χ4n) is 2.67.